The number of hydrogen-bond donors (Lipinski definition) is 1. The van der Waals surface area contributed by atoms with E-state index in [0.29, 0.717) is 23.0 Å². The summed E-state index contributed by atoms with van der Waals surface area (Å²) in [5, 5.41) is 13.4. The Hall–Kier alpha value is -5.40. The molecule has 8 rings (SSSR count). The van der Waals surface area contributed by atoms with Gasteiger partial charge in [0.25, 0.3) is 11.8 Å². The Bertz CT molecular complexity index is 2320. The van der Waals surface area contributed by atoms with Gasteiger partial charge in [-0.25, -0.2) is 9.88 Å². The highest BCUT2D eigenvalue weighted by Gasteiger charge is 2.70. The molecule has 1 saturated carbocycles. The number of rotatable bonds is 6. The number of allylic oxidation sites excluding steroid dienone is 2. The van der Waals surface area contributed by atoms with Gasteiger partial charge in [0.1, 0.15) is 17.2 Å². The van der Waals surface area contributed by atoms with Gasteiger partial charge in [0.05, 0.1) is 41.0 Å². The van der Waals surface area contributed by atoms with Crippen LogP contribution in [0.5, 0.6) is 11.5 Å². The number of carbonyl (C=O) groups excluding carboxylic acids is 4. The topological polar surface area (TPSA) is 120 Å². The van der Waals surface area contributed by atoms with Crippen molar-refractivity contribution in [2.45, 2.75) is 30.4 Å². The van der Waals surface area contributed by atoms with E-state index in [-0.39, 0.29) is 39.9 Å². The minimum atomic E-state index is -4.83. The third kappa shape index (κ3) is 5.42. The fourth-order valence-electron chi connectivity index (χ4n) is 9.17. The standard InChI is InChI=1S/C40H31Cl2F3N4O6/c1-47(34-29(42)14-16-31(46-34)40(43,44)45)49-35(51)25-13-12-24-26(32(25)37(49)53)19-28-36(52)48(22-10-6-9-21(41)17-22)38(54)39(28,20-7-4-3-5-8-20)33(24)27-18-23(55-2)11-15-30(27)50/h3-12,14-18,25-26,28,32-33,50H,13,19H2,1-2H3. The number of anilines is 2. The molecule has 6 atom stereocenters. The molecule has 4 amide bonds. The van der Waals surface area contributed by atoms with E-state index in [9.17, 15) is 32.7 Å². The Morgan fingerprint density at radius 3 is 2.35 bits per heavy atom. The van der Waals surface area contributed by atoms with Gasteiger partial charge in [-0.1, -0.05) is 71.2 Å². The number of hydrazine groups is 1. The molecule has 3 aromatic carbocycles. The lowest BCUT2D eigenvalue weighted by Crippen LogP contribution is -2.53. The summed E-state index contributed by atoms with van der Waals surface area (Å²) in [6.45, 7) is 0. The number of halogens is 5. The number of amides is 4. The number of carbonyl (C=O) groups is 4. The van der Waals surface area contributed by atoms with Gasteiger partial charge in [0, 0.05) is 23.6 Å². The number of hydrogen-bond acceptors (Lipinski definition) is 8. The molecule has 2 aliphatic carbocycles. The number of benzene rings is 3. The van der Waals surface area contributed by atoms with E-state index in [1.165, 1.54) is 26.3 Å². The van der Waals surface area contributed by atoms with E-state index in [1.54, 1.807) is 66.7 Å². The number of aromatic hydroxyl groups is 1. The van der Waals surface area contributed by atoms with Crippen LogP contribution in [0.25, 0.3) is 0 Å². The molecule has 15 heteroatoms. The number of fused-ring (bicyclic) bond motifs is 4. The Morgan fingerprint density at radius 1 is 0.909 bits per heavy atom. The fourth-order valence-corrected chi connectivity index (χ4v) is 9.58. The average Bonchev–Trinajstić information content (AvgIpc) is 3.55. The second kappa shape index (κ2) is 13.1. The molecule has 2 saturated heterocycles. The van der Waals surface area contributed by atoms with E-state index >= 15 is 4.79 Å². The first-order valence-electron chi connectivity index (χ1n) is 17.3. The average molecular weight is 792 g/mol. The lowest BCUT2D eigenvalue weighted by atomic mass is 9.49. The van der Waals surface area contributed by atoms with Crippen molar-refractivity contribution < 1.29 is 42.2 Å². The van der Waals surface area contributed by atoms with Crippen molar-refractivity contribution in [2.24, 2.45) is 23.7 Å². The summed E-state index contributed by atoms with van der Waals surface area (Å²) < 4.78 is 46.6. The summed E-state index contributed by atoms with van der Waals surface area (Å²) in [5.41, 5.74) is -1.37. The molecule has 2 aliphatic heterocycles. The van der Waals surface area contributed by atoms with Crippen LogP contribution in [0.4, 0.5) is 24.7 Å². The van der Waals surface area contributed by atoms with Crippen LogP contribution in [0.2, 0.25) is 10.0 Å². The van der Waals surface area contributed by atoms with Gasteiger partial charge >= 0.3 is 6.18 Å². The third-order valence-electron chi connectivity index (χ3n) is 11.4. The summed E-state index contributed by atoms with van der Waals surface area (Å²) >= 11 is 12.7. The maximum Gasteiger partial charge on any atom is 0.433 e. The van der Waals surface area contributed by atoms with Crippen LogP contribution in [0.3, 0.4) is 0 Å². The van der Waals surface area contributed by atoms with E-state index in [0.717, 1.165) is 21.0 Å². The van der Waals surface area contributed by atoms with E-state index in [1.807, 2.05) is 0 Å². The largest absolute Gasteiger partial charge is 0.508 e. The van der Waals surface area contributed by atoms with E-state index in [4.69, 9.17) is 27.9 Å². The molecule has 1 N–H and O–H groups in total. The zero-order valence-corrected chi connectivity index (χ0v) is 30.6. The van der Waals surface area contributed by atoms with Crippen LogP contribution in [0, 0.1) is 23.7 Å². The minimum absolute atomic E-state index is 0.0199. The zero-order valence-electron chi connectivity index (χ0n) is 29.1. The Kier molecular flexibility index (Phi) is 8.73. The first-order chi connectivity index (χ1) is 26.2. The lowest BCUT2D eigenvalue weighted by molar-refractivity contribution is -0.141. The molecule has 4 aromatic rings. The number of aromatic nitrogens is 1. The molecular weight excluding hydrogens is 760 g/mol. The number of imide groups is 2. The van der Waals surface area contributed by atoms with Crippen molar-refractivity contribution in [1.29, 1.82) is 0 Å². The molecule has 3 fully saturated rings. The van der Waals surface area contributed by atoms with Gasteiger partial charge in [-0.15, -0.1) is 0 Å². The Balaban J connectivity index is 1.31. The van der Waals surface area contributed by atoms with Crippen molar-refractivity contribution in [1.82, 2.24) is 9.99 Å². The van der Waals surface area contributed by atoms with Crippen molar-refractivity contribution >= 4 is 58.3 Å². The van der Waals surface area contributed by atoms with Crippen LogP contribution in [0.1, 0.15) is 35.6 Å². The number of methoxy groups -OCH3 is 1. The van der Waals surface area contributed by atoms with Crippen molar-refractivity contribution in [3.05, 3.63) is 123 Å². The van der Waals surface area contributed by atoms with Crippen LogP contribution in [-0.4, -0.2) is 52.9 Å². The quantitative estimate of drug-likeness (QED) is 0.159. The molecule has 10 nitrogen and oxygen atoms in total. The monoisotopic (exact) mass is 790 g/mol. The molecule has 0 spiro atoms. The predicted molar refractivity (Wildman–Crippen MR) is 195 cm³/mol. The summed E-state index contributed by atoms with van der Waals surface area (Å²) in [7, 11) is 2.68. The minimum Gasteiger partial charge on any atom is -0.508 e. The number of phenolic OH excluding ortho intramolecular Hbond substituents is 1. The normalized spacial score (nSPS) is 26.1. The Labute approximate surface area is 322 Å². The SMILES string of the molecule is COc1ccc(O)c(C2C3=CCC4C(=O)N(N(C)c5nc(C(F)(F)F)ccc5Cl)C(=O)C4C3CC3C(=O)N(c4cccc(Cl)c4)C(=O)C32c2ccccc2)c1. The van der Waals surface area contributed by atoms with Gasteiger partial charge in [-0.05, 0) is 72.9 Å². The Morgan fingerprint density at radius 2 is 1.65 bits per heavy atom. The lowest BCUT2D eigenvalue weighted by Gasteiger charge is -2.50. The molecule has 6 unspecified atom stereocenters. The zero-order chi connectivity index (χ0) is 39.1. The maximum atomic E-state index is 15.4. The molecular formula is C40H31Cl2F3N4O6. The molecule has 4 aliphatic rings. The highest BCUT2D eigenvalue weighted by molar-refractivity contribution is 6.33. The summed E-state index contributed by atoms with van der Waals surface area (Å²) in [4.78, 5) is 63.8. The van der Waals surface area contributed by atoms with E-state index in [2.05, 4.69) is 4.98 Å². The third-order valence-corrected chi connectivity index (χ3v) is 11.9. The van der Waals surface area contributed by atoms with E-state index < -0.39 is 76.3 Å². The molecule has 55 heavy (non-hydrogen) atoms. The van der Waals surface area contributed by atoms with Crippen LogP contribution in [-0.2, 0) is 30.8 Å². The summed E-state index contributed by atoms with van der Waals surface area (Å²) in [5.74, 6) is -7.87. The second-order valence-electron chi connectivity index (χ2n) is 14.0. The van der Waals surface area contributed by atoms with Crippen LogP contribution < -0.4 is 14.6 Å². The number of ether oxygens (including phenoxy) is 1. The van der Waals surface area contributed by atoms with Crippen molar-refractivity contribution in [3.63, 3.8) is 0 Å². The summed E-state index contributed by atoms with van der Waals surface area (Å²) in [6, 6.07) is 21.4. The van der Waals surface area contributed by atoms with Crippen molar-refractivity contribution in [2.75, 3.05) is 24.1 Å². The maximum absolute atomic E-state index is 15.4. The van der Waals surface area contributed by atoms with Crippen LogP contribution in [0.15, 0.2) is 96.6 Å². The smallest absolute Gasteiger partial charge is 0.433 e. The second-order valence-corrected chi connectivity index (χ2v) is 14.9. The number of alkyl halides is 3. The van der Waals surface area contributed by atoms with Crippen LogP contribution >= 0.6 is 23.2 Å². The van der Waals surface area contributed by atoms with Gasteiger partial charge in [0.15, 0.2) is 5.82 Å². The highest BCUT2D eigenvalue weighted by atomic mass is 35.5. The highest BCUT2D eigenvalue weighted by Crippen LogP contribution is 2.65. The molecule has 282 valence electrons. The first kappa shape index (κ1) is 36.6. The molecule has 0 bridgehead atoms. The number of phenols is 1. The molecule has 0 radical (unpaired) electrons. The number of nitrogens with zero attached hydrogens (tertiary/aromatic N) is 4. The molecule has 1 aromatic heterocycles. The van der Waals surface area contributed by atoms with Crippen molar-refractivity contribution in [3.8, 4) is 11.5 Å². The number of pyridine rings is 1. The summed E-state index contributed by atoms with van der Waals surface area (Å²) in [6.07, 6.45) is -3.07. The van der Waals surface area contributed by atoms with Gasteiger partial charge in [-0.3, -0.25) is 24.2 Å². The fraction of sp³-hybridized carbons (Fsp3) is 0.275. The van der Waals surface area contributed by atoms with Gasteiger partial charge in [0.2, 0.25) is 11.8 Å². The predicted octanol–water partition coefficient (Wildman–Crippen LogP) is 7.34. The first-order valence-corrected chi connectivity index (χ1v) is 18.1. The molecule has 3 heterocycles. The van der Waals surface area contributed by atoms with Gasteiger partial charge < -0.3 is 9.84 Å². The van der Waals surface area contributed by atoms with Gasteiger partial charge in [-0.2, -0.15) is 18.2 Å².